The van der Waals surface area contributed by atoms with Crippen LogP contribution in [0.3, 0.4) is 0 Å². The Hall–Kier alpha value is -2.89. The van der Waals surface area contributed by atoms with Crippen LogP contribution in [-0.4, -0.2) is 17.7 Å². The summed E-state index contributed by atoms with van der Waals surface area (Å²) in [6.07, 6.45) is 0. The van der Waals surface area contributed by atoms with Crippen LogP contribution in [0.15, 0.2) is 53.6 Å². The van der Waals surface area contributed by atoms with Crippen LogP contribution in [0.2, 0.25) is 0 Å². The number of nitrogens with one attached hydrogen (secondary N) is 1. The number of hydrogen-bond acceptors (Lipinski definition) is 5. The number of hydrazone groups is 1. The number of methoxy groups -OCH3 is 1. The standard InChI is InChI=1S/C16H17N3O3/c1-12(13-7-5-8-15(10-13)19(20)21)18-17-11-14-6-3-4-9-16(14)22-2/h3-10,17H,11H2,1-2H3/b18-12+. The maximum atomic E-state index is 10.8. The highest BCUT2D eigenvalue weighted by molar-refractivity contribution is 5.99. The summed E-state index contributed by atoms with van der Waals surface area (Å²) in [5.74, 6) is 0.790. The molecule has 1 N–H and O–H groups in total. The Morgan fingerprint density at radius 1 is 1.27 bits per heavy atom. The fourth-order valence-electron chi connectivity index (χ4n) is 2.00. The summed E-state index contributed by atoms with van der Waals surface area (Å²) in [4.78, 5) is 10.4. The van der Waals surface area contributed by atoms with Crippen LogP contribution in [-0.2, 0) is 6.54 Å². The molecule has 0 spiro atoms. The largest absolute Gasteiger partial charge is 0.496 e. The molecule has 6 nitrogen and oxygen atoms in total. The van der Waals surface area contributed by atoms with E-state index in [1.54, 1.807) is 26.2 Å². The van der Waals surface area contributed by atoms with Gasteiger partial charge < -0.3 is 10.2 Å². The first-order valence-electron chi connectivity index (χ1n) is 6.75. The van der Waals surface area contributed by atoms with Crippen molar-refractivity contribution in [2.45, 2.75) is 13.5 Å². The normalized spacial score (nSPS) is 11.1. The fourth-order valence-corrected chi connectivity index (χ4v) is 2.00. The number of nitro groups is 1. The first kappa shape index (κ1) is 15.5. The fraction of sp³-hybridized carbons (Fsp3) is 0.188. The molecule has 0 fully saturated rings. The van der Waals surface area contributed by atoms with Gasteiger partial charge in [-0.05, 0) is 13.0 Å². The van der Waals surface area contributed by atoms with E-state index in [0.29, 0.717) is 17.8 Å². The van der Waals surface area contributed by atoms with Gasteiger partial charge in [-0.1, -0.05) is 30.3 Å². The lowest BCUT2D eigenvalue weighted by Crippen LogP contribution is -2.10. The van der Waals surface area contributed by atoms with Gasteiger partial charge in [0.2, 0.25) is 0 Å². The Labute approximate surface area is 128 Å². The van der Waals surface area contributed by atoms with Crippen LogP contribution in [0.25, 0.3) is 0 Å². The van der Waals surface area contributed by atoms with Gasteiger partial charge in [0.1, 0.15) is 5.75 Å². The minimum atomic E-state index is -0.418. The molecule has 0 heterocycles. The summed E-state index contributed by atoms with van der Waals surface area (Å²) in [5, 5.41) is 15.0. The maximum Gasteiger partial charge on any atom is 0.270 e. The van der Waals surface area contributed by atoms with Crippen molar-refractivity contribution in [1.82, 2.24) is 5.43 Å². The molecule has 114 valence electrons. The first-order chi connectivity index (χ1) is 10.6. The lowest BCUT2D eigenvalue weighted by atomic mass is 10.1. The molecule has 0 aliphatic rings. The van der Waals surface area contributed by atoms with Gasteiger partial charge in [-0.3, -0.25) is 10.1 Å². The Balaban J connectivity index is 2.07. The van der Waals surface area contributed by atoms with Crippen molar-refractivity contribution in [3.63, 3.8) is 0 Å². The third-order valence-electron chi connectivity index (χ3n) is 3.18. The molecule has 0 bridgehead atoms. The molecular formula is C16H17N3O3. The molecule has 0 aliphatic heterocycles. The van der Waals surface area contributed by atoms with Crippen LogP contribution in [0.1, 0.15) is 18.1 Å². The van der Waals surface area contributed by atoms with Gasteiger partial charge in [-0.25, -0.2) is 0 Å². The molecule has 0 radical (unpaired) electrons. The second kappa shape index (κ2) is 7.21. The maximum absolute atomic E-state index is 10.8. The molecule has 6 heteroatoms. The van der Waals surface area contributed by atoms with Crippen LogP contribution < -0.4 is 10.2 Å². The van der Waals surface area contributed by atoms with E-state index in [-0.39, 0.29) is 5.69 Å². The quantitative estimate of drug-likeness (QED) is 0.505. The van der Waals surface area contributed by atoms with Crippen molar-refractivity contribution < 1.29 is 9.66 Å². The summed E-state index contributed by atoms with van der Waals surface area (Å²) in [7, 11) is 1.62. The number of nitrogens with zero attached hydrogens (tertiary/aromatic N) is 2. The second-order valence-electron chi connectivity index (χ2n) is 4.65. The van der Waals surface area contributed by atoms with Crippen molar-refractivity contribution in [3.8, 4) is 5.75 Å². The average molecular weight is 299 g/mol. The molecular weight excluding hydrogens is 282 g/mol. The highest BCUT2D eigenvalue weighted by Gasteiger charge is 2.07. The van der Waals surface area contributed by atoms with E-state index in [1.807, 2.05) is 24.3 Å². The van der Waals surface area contributed by atoms with Crippen molar-refractivity contribution >= 4 is 11.4 Å². The number of benzene rings is 2. The Kier molecular flexibility index (Phi) is 5.08. The SMILES string of the molecule is COc1ccccc1CN/N=C(\C)c1cccc([N+](=O)[O-])c1. The summed E-state index contributed by atoms with van der Waals surface area (Å²) in [6, 6.07) is 14.1. The van der Waals surface area contributed by atoms with E-state index in [9.17, 15) is 10.1 Å². The highest BCUT2D eigenvalue weighted by Crippen LogP contribution is 2.17. The van der Waals surface area contributed by atoms with E-state index in [2.05, 4.69) is 10.5 Å². The molecule has 0 unspecified atom stereocenters. The smallest absolute Gasteiger partial charge is 0.270 e. The Morgan fingerprint density at radius 2 is 2.05 bits per heavy atom. The molecule has 0 aromatic heterocycles. The van der Waals surface area contributed by atoms with E-state index in [4.69, 9.17) is 4.74 Å². The molecule has 0 saturated heterocycles. The molecule has 2 aromatic carbocycles. The van der Waals surface area contributed by atoms with Gasteiger partial charge in [-0.15, -0.1) is 0 Å². The summed E-state index contributed by atoms with van der Waals surface area (Å²) in [6.45, 7) is 2.31. The van der Waals surface area contributed by atoms with Gasteiger partial charge in [0.25, 0.3) is 5.69 Å². The van der Waals surface area contributed by atoms with Gasteiger partial charge in [0.05, 0.1) is 24.3 Å². The Morgan fingerprint density at radius 3 is 2.77 bits per heavy atom. The second-order valence-corrected chi connectivity index (χ2v) is 4.65. The number of hydrogen-bond donors (Lipinski definition) is 1. The minimum Gasteiger partial charge on any atom is -0.496 e. The summed E-state index contributed by atoms with van der Waals surface area (Å²) < 4.78 is 5.27. The van der Waals surface area contributed by atoms with Gasteiger partial charge in [0.15, 0.2) is 0 Å². The lowest BCUT2D eigenvalue weighted by molar-refractivity contribution is -0.384. The van der Waals surface area contributed by atoms with Crippen LogP contribution in [0.4, 0.5) is 5.69 Å². The monoisotopic (exact) mass is 299 g/mol. The zero-order chi connectivity index (χ0) is 15.9. The summed E-state index contributed by atoms with van der Waals surface area (Å²) >= 11 is 0. The number of non-ortho nitro benzene ring substituents is 1. The molecule has 0 amide bonds. The third kappa shape index (κ3) is 3.82. The molecule has 0 atom stereocenters. The number of rotatable bonds is 6. The number of para-hydroxylation sites is 1. The zero-order valence-electron chi connectivity index (χ0n) is 12.4. The van der Waals surface area contributed by atoms with Crippen LogP contribution in [0, 0.1) is 10.1 Å². The van der Waals surface area contributed by atoms with E-state index >= 15 is 0 Å². The first-order valence-corrected chi connectivity index (χ1v) is 6.75. The molecule has 2 aromatic rings. The van der Waals surface area contributed by atoms with Gasteiger partial charge in [-0.2, -0.15) is 5.10 Å². The van der Waals surface area contributed by atoms with Crippen molar-refractivity contribution in [2.75, 3.05) is 7.11 Å². The van der Waals surface area contributed by atoms with E-state index in [0.717, 1.165) is 11.3 Å². The van der Waals surface area contributed by atoms with Crippen LogP contribution in [0.5, 0.6) is 5.75 Å². The molecule has 0 saturated carbocycles. The highest BCUT2D eigenvalue weighted by atomic mass is 16.6. The van der Waals surface area contributed by atoms with Crippen molar-refractivity contribution in [2.24, 2.45) is 5.10 Å². The predicted molar refractivity (Wildman–Crippen MR) is 85.1 cm³/mol. The minimum absolute atomic E-state index is 0.0526. The van der Waals surface area contributed by atoms with Crippen molar-refractivity contribution in [3.05, 3.63) is 69.8 Å². The van der Waals surface area contributed by atoms with Gasteiger partial charge >= 0.3 is 0 Å². The predicted octanol–water partition coefficient (Wildman–Crippen LogP) is 3.12. The lowest BCUT2D eigenvalue weighted by Gasteiger charge is -2.08. The topological polar surface area (TPSA) is 76.8 Å². The van der Waals surface area contributed by atoms with Gasteiger partial charge in [0, 0.05) is 23.3 Å². The van der Waals surface area contributed by atoms with E-state index < -0.39 is 4.92 Å². The Bertz CT molecular complexity index is 699. The molecule has 0 aliphatic carbocycles. The molecule has 2 rings (SSSR count). The van der Waals surface area contributed by atoms with E-state index in [1.165, 1.54) is 12.1 Å². The summed E-state index contributed by atoms with van der Waals surface area (Å²) in [5.41, 5.74) is 5.39. The number of ether oxygens (including phenoxy) is 1. The zero-order valence-corrected chi connectivity index (χ0v) is 12.4. The average Bonchev–Trinajstić information content (AvgIpc) is 2.55. The van der Waals surface area contributed by atoms with Crippen molar-refractivity contribution in [1.29, 1.82) is 0 Å². The van der Waals surface area contributed by atoms with Crippen LogP contribution >= 0.6 is 0 Å². The third-order valence-corrected chi connectivity index (χ3v) is 3.18. The molecule has 22 heavy (non-hydrogen) atoms. The number of nitro benzene ring substituents is 1.